The van der Waals surface area contributed by atoms with Crippen LogP contribution in [0.4, 0.5) is 0 Å². The fourth-order valence-electron chi connectivity index (χ4n) is 5.50. The number of aromatic nitrogens is 2. The van der Waals surface area contributed by atoms with Crippen molar-refractivity contribution >= 4 is 60.0 Å². The number of benzene rings is 4. The number of hydrogen-bond donors (Lipinski definition) is 0. The third-order valence-corrected chi connectivity index (χ3v) is 7.02. The number of rotatable bonds is 1. The summed E-state index contributed by atoms with van der Waals surface area (Å²) in [6.45, 7) is 2.07. The fraction of sp³-hybridized carbons (Fsp3) is 0.0333. The van der Waals surface area contributed by atoms with Crippen LogP contribution < -0.4 is 0 Å². The van der Waals surface area contributed by atoms with Gasteiger partial charge in [-0.15, -0.1) is 0 Å². The maximum Gasteiger partial charge on any atom is 0.136 e. The van der Waals surface area contributed by atoms with E-state index in [1.165, 1.54) is 43.7 Å². The van der Waals surface area contributed by atoms with Crippen LogP contribution in [0, 0.1) is 6.92 Å². The molecule has 4 aromatic heterocycles. The van der Waals surface area contributed by atoms with Crippen molar-refractivity contribution in [2.75, 3.05) is 0 Å². The summed E-state index contributed by atoms with van der Waals surface area (Å²) in [6, 6.07) is 30.3. The Kier molecular flexibility index (Phi) is 3.08. The molecule has 0 amide bonds. The van der Waals surface area contributed by atoms with Gasteiger partial charge in [0.2, 0.25) is 0 Å². The minimum atomic E-state index is 0.933. The third-order valence-electron chi connectivity index (χ3n) is 7.02. The van der Waals surface area contributed by atoms with Crippen molar-refractivity contribution < 1.29 is 4.42 Å². The van der Waals surface area contributed by atoms with Gasteiger partial charge in [-0.25, -0.2) is 0 Å². The molecular formula is C30H18N2O. The Morgan fingerprint density at radius 3 is 2.30 bits per heavy atom. The Morgan fingerprint density at radius 2 is 1.45 bits per heavy atom. The van der Waals surface area contributed by atoms with Gasteiger partial charge in [-0.3, -0.25) is 4.98 Å². The van der Waals surface area contributed by atoms with Gasteiger partial charge in [0.25, 0.3) is 0 Å². The van der Waals surface area contributed by atoms with E-state index in [2.05, 4.69) is 89.1 Å². The summed E-state index contributed by atoms with van der Waals surface area (Å²) in [7, 11) is 0. The van der Waals surface area contributed by atoms with Crippen molar-refractivity contribution in [1.82, 2.24) is 9.38 Å². The molecule has 4 heterocycles. The Morgan fingerprint density at radius 1 is 0.636 bits per heavy atom. The molecule has 0 fully saturated rings. The molecule has 0 saturated heterocycles. The van der Waals surface area contributed by atoms with Gasteiger partial charge >= 0.3 is 0 Å². The minimum Gasteiger partial charge on any atom is -0.456 e. The molecule has 4 aromatic carbocycles. The highest BCUT2D eigenvalue weighted by Crippen LogP contribution is 2.42. The van der Waals surface area contributed by atoms with E-state index >= 15 is 0 Å². The Labute approximate surface area is 188 Å². The summed E-state index contributed by atoms with van der Waals surface area (Å²) in [5, 5.41) is 7.34. The van der Waals surface area contributed by atoms with Gasteiger partial charge < -0.3 is 8.82 Å². The maximum absolute atomic E-state index is 6.19. The largest absolute Gasteiger partial charge is 0.456 e. The number of aryl methyl sites for hydroxylation is 1. The van der Waals surface area contributed by atoms with Crippen LogP contribution in [-0.2, 0) is 0 Å². The molecule has 0 N–H and O–H groups in total. The van der Waals surface area contributed by atoms with Gasteiger partial charge in [0.05, 0.1) is 22.2 Å². The van der Waals surface area contributed by atoms with Gasteiger partial charge in [0, 0.05) is 44.1 Å². The minimum absolute atomic E-state index is 0.933. The molecule has 8 aromatic rings. The number of nitrogens with zero attached hydrogens (tertiary/aromatic N) is 2. The van der Waals surface area contributed by atoms with Gasteiger partial charge in [-0.2, -0.15) is 0 Å². The molecule has 0 aliphatic carbocycles. The Bertz CT molecular complexity index is 2020. The standard InChI is InChI=1S/C30H18N2O/c1-17-9-11-25(31-16-17)18-10-12-26-22(13-18)20-6-4-7-21-23-15-29-24(14-27(23)32(26)30(20)21)19-5-2-3-8-28(19)33-29/h2-16H,1H3. The molecule has 154 valence electrons. The van der Waals surface area contributed by atoms with Crippen molar-refractivity contribution in [3.05, 3.63) is 96.7 Å². The summed E-state index contributed by atoms with van der Waals surface area (Å²) in [4.78, 5) is 4.65. The molecule has 0 aliphatic rings. The van der Waals surface area contributed by atoms with Crippen molar-refractivity contribution in [2.45, 2.75) is 6.92 Å². The number of hydrogen-bond acceptors (Lipinski definition) is 2. The smallest absolute Gasteiger partial charge is 0.136 e. The van der Waals surface area contributed by atoms with Crippen molar-refractivity contribution in [1.29, 1.82) is 0 Å². The number of fused-ring (bicyclic) bond motifs is 9. The molecule has 0 bridgehead atoms. The predicted molar refractivity (Wildman–Crippen MR) is 136 cm³/mol. The third kappa shape index (κ3) is 2.16. The first kappa shape index (κ1) is 17.2. The molecule has 3 nitrogen and oxygen atoms in total. The summed E-state index contributed by atoms with van der Waals surface area (Å²) in [5.41, 5.74) is 8.90. The average Bonchev–Trinajstić information content (AvgIpc) is 3.49. The molecule has 33 heavy (non-hydrogen) atoms. The number of para-hydroxylation sites is 2. The molecular weight excluding hydrogens is 404 g/mol. The zero-order valence-electron chi connectivity index (χ0n) is 18.0. The van der Waals surface area contributed by atoms with Crippen molar-refractivity contribution in [3.63, 3.8) is 0 Å². The first-order valence-electron chi connectivity index (χ1n) is 11.2. The second-order valence-electron chi connectivity index (χ2n) is 8.95. The molecule has 0 radical (unpaired) electrons. The predicted octanol–water partition coefficient (Wildman–Crippen LogP) is 8.11. The summed E-state index contributed by atoms with van der Waals surface area (Å²) >= 11 is 0. The van der Waals surface area contributed by atoms with E-state index in [-0.39, 0.29) is 0 Å². The van der Waals surface area contributed by atoms with E-state index in [1.54, 1.807) is 0 Å². The van der Waals surface area contributed by atoms with Crippen LogP contribution in [0.2, 0.25) is 0 Å². The molecule has 0 aliphatic heterocycles. The lowest BCUT2D eigenvalue weighted by Gasteiger charge is -2.03. The molecule has 0 unspecified atom stereocenters. The van der Waals surface area contributed by atoms with Gasteiger partial charge in [-0.05, 0) is 48.9 Å². The molecule has 3 heteroatoms. The molecule has 0 atom stereocenters. The average molecular weight is 422 g/mol. The van der Waals surface area contributed by atoms with Crippen LogP contribution in [0.1, 0.15) is 5.56 Å². The van der Waals surface area contributed by atoms with E-state index in [0.717, 1.165) is 33.2 Å². The highest BCUT2D eigenvalue weighted by atomic mass is 16.3. The zero-order valence-corrected chi connectivity index (χ0v) is 18.0. The highest BCUT2D eigenvalue weighted by molar-refractivity contribution is 6.25. The van der Waals surface area contributed by atoms with E-state index < -0.39 is 0 Å². The summed E-state index contributed by atoms with van der Waals surface area (Å²) < 4.78 is 8.61. The second-order valence-corrected chi connectivity index (χ2v) is 8.95. The van der Waals surface area contributed by atoms with Crippen LogP contribution >= 0.6 is 0 Å². The van der Waals surface area contributed by atoms with Crippen LogP contribution in [0.15, 0.2) is 95.5 Å². The van der Waals surface area contributed by atoms with Crippen molar-refractivity contribution in [3.8, 4) is 11.3 Å². The Balaban J connectivity index is 1.52. The lowest BCUT2D eigenvalue weighted by atomic mass is 10.0. The fourth-order valence-corrected chi connectivity index (χ4v) is 5.50. The van der Waals surface area contributed by atoms with Gasteiger partial charge in [0.1, 0.15) is 11.2 Å². The monoisotopic (exact) mass is 422 g/mol. The number of furan rings is 1. The lowest BCUT2D eigenvalue weighted by Crippen LogP contribution is -1.85. The first-order chi connectivity index (χ1) is 16.3. The lowest BCUT2D eigenvalue weighted by molar-refractivity contribution is 0.669. The van der Waals surface area contributed by atoms with Crippen LogP contribution in [-0.4, -0.2) is 9.38 Å². The quantitative estimate of drug-likeness (QED) is 0.267. The maximum atomic E-state index is 6.19. The second kappa shape index (κ2) is 5.90. The van der Waals surface area contributed by atoms with E-state index in [0.29, 0.717) is 0 Å². The Hall–Kier alpha value is -4.37. The topological polar surface area (TPSA) is 30.4 Å². The zero-order chi connectivity index (χ0) is 21.7. The highest BCUT2D eigenvalue weighted by Gasteiger charge is 2.19. The van der Waals surface area contributed by atoms with Crippen LogP contribution in [0.25, 0.3) is 71.3 Å². The van der Waals surface area contributed by atoms with Gasteiger partial charge in [-0.1, -0.05) is 48.5 Å². The van der Waals surface area contributed by atoms with Crippen LogP contribution in [0.5, 0.6) is 0 Å². The molecule has 8 rings (SSSR count). The SMILES string of the molecule is Cc1ccc(-c2ccc3c(c2)c2cccc4c5cc6oc7ccccc7c6cc5n3c24)nc1. The van der Waals surface area contributed by atoms with E-state index in [1.807, 2.05) is 18.3 Å². The normalized spacial score (nSPS) is 12.4. The van der Waals surface area contributed by atoms with E-state index in [9.17, 15) is 0 Å². The number of pyridine rings is 1. The summed E-state index contributed by atoms with van der Waals surface area (Å²) in [5.74, 6) is 0. The van der Waals surface area contributed by atoms with E-state index in [4.69, 9.17) is 4.42 Å². The molecule has 0 saturated carbocycles. The van der Waals surface area contributed by atoms with Gasteiger partial charge in [0.15, 0.2) is 0 Å². The summed E-state index contributed by atoms with van der Waals surface area (Å²) in [6.07, 6.45) is 1.93. The first-order valence-corrected chi connectivity index (χ1v) is 11.2. The van der Waals surface area contributed by atoms with Crippen molar-refractivity contribution in [2.24, 2.45) is 0 Å². The van der Waals surface area contributed by atoms with Crippen LogP contribution in [0.3, 0.4) is 0 Å². The molecule has 0 spiro atoms.